The van der Waals surface area contributed by atoms with Gasteiger partial charge in [-0.05, 0) is 23.1 Å². The Labute approximate surface area is 136 Å². The summed E-state index contributed by atoms with van der Waals surface area (Å²) in [6.45, 7) is 5.93. The number of nitrogens with one attached hydrogen (secondary N) is 1. The van der Waals surface area contributed by atoms with E-state index in [-0.39, 0.29) is 16.0 Å². The lowest BCUT2D eigenvalue weighted by molar-refractivity contribution is -0.384. The number of halogens is 1. The van der Waals surface area contributed by atoms with E-state index in [4.69, 9.17) is 0 Å². The summed E-state index contributed by atoms with van der Waals surface area (Å²) in [6, 6.07) is 9.07. The van der Waals surface area contributed by atoms with Gasteiger partial charge in [-0.3, -0.25) is 10.1 Å². The van der Waals surface area contributed by atoms with E-state index in [1.54, 1.807) is 23.5 Å². The average Bonchev–Trinajstić information content (AvgIpc) is 2.95. The molecule has 112 valence electrons. The van der Waals surface area contributed by atoms with Crippen molar-refractivity contribution in [1.82, 2.24) is 5.32 Å². The van der Waals surface area contributed by atoms with Crippen molar-refractivity contribution in [2.24, 2.45) is 0 Å². The molecular weight excluding hydrogens is 352 g/mol. The van der Waals surface area contributed by atoms with Crippen LogP contribution >= 0.6 is 27.3 Å². The van der Waals surface area contributed by atoms with Crippen LogP contribution in [0.25, 0.3) is 0 Å². The van der Waals surface area contributed by atoms with Gasteiger partial charge in [-0.15, -0.1) is 11.3 Å². The van der Waals surface area contributed by atoms with Crippen LogP contribution in [0.1, 0.15) is 24.3 Å². The van der Waals surface area contributed by atoms with Crippen LogP contribution in [0.4, 0.5) is 5.69 Å². The summed E-state index contributed by atoms with van der Waals surface area (Å²) < 4.78 is 0.762. The van der Waals surface area contributed by atoms with Crippen molar-refractivity contribution < 1.29 is 4.92 Å². The van der Waals surface area contributed by atoms with Crippen LogP contribution in [0.2, 0.25) is 0 Å². The molecule has 0 atom stereocenters. The number of nitro groups is 1. The van der Waals surface area contributed by atoms with Crippen molar-refractivity contribution in [3.05, 3.63) is 60.7 Å². The molecule has 0 unspecified atom stereocenters. The maximum absolute atomic E-state index is 10.7. The minimum absolute atomic E-state index is 0.0709. The van der Waals surface area contributed by atoms with Gasteiger partial charge in [0, 0.05) is 40.0 Å². The third-order valence-corrected chi connectivity index (χ3v) is 5.29. The Morgan fingerprint density at radius 2 is 2.14 bits per heavy atom. The van der Waals surface area contributed by atoms with Gasteiger partial charge < -0.3 is 5.32 Å². The summed E-state index contributed by atoms with van der Waals surface area (Å²) >= 11 is 5.15. The normalized spacial score (nSPS) is 11.6. The van der Waals surface area contributed by atoms with Crippen molar-refractivity contribution in [1.29, 1.82) is 0 Å². The first kappa shape index (κ1) is 16.1. The molecule has 1 aromatic heterocycles. The number of nitrogens with zero attached hydrogens (tertiary/aromatic N) is 1. The molecular formula is C15H17BrN2O2S. The second-order valence-corrected chi connectivity index (χ2v) is 7.30. The second-order valence-electron chi connectivity index (χ2n) is 5.50. The molecule has 4 nitrogen and oxygen atoms in total. The van der Waals surface area contributed by atoms with Crippen LogP contribution in [-0.4, -0.2) is 11.5 Å². The van der Waals surface area contributed by atoms with E-state index in [1.807, 2.05) is 0 Å². The quantitative estimate of drug-likeness (QED) is 0.603. The minimum atomic E-state index is -0.387. The summed E-state index contributed by atoms with van der Waals surface area (Å²) in [5, 5.41) is 16.2. The van der Waals surface area contributed by atoms with E-state index >= 15 is 0 Å². The van der Waals surface area contributed by atoms with Gasteiger partial charge in [-0.1, -0.05) is 35.8 Å². The van der Waals surface area contributed by atoms with Crippen LogP contribution in [0, 0.1) is 10.1 Å². The monoisotopic (exact) mass is 368 g/mol. The molecule has 0 aliphatic carbocycles. The second kappa shape index (κ2) is 6.68. The number of benzene rings is 1. The van der Waals surface area contributed by atoms with Crippen LogP contribution in [0.3, 0.4) is 0 Å². The van der Waals surface area contributed by atoms with Gasteiger partial charge >= 0.3 is 0 Å². The van der Waals surface area contributed by atoms with Gasteiger partial charge in [0.2, 0.25) is 0 Å². The standard InChI is InChI=1S/C15H17BrN2O2S/c1-15(2,14-4-3-7-21-14)10-17-9-11-5-6-12(18(19)20)8-13(11)16/h3-8,17H,9-10H2,1-2H3. The Morgan fingerprint density at radius 1 is 1.38 bits per heavy atom. The number of rotatable bonds is 6. The van der Waals surface area contributed by atoms with Crippen LogP contribution in [0.15, 0.2) is 40.2 Å². The van der Waals surface area contributed by atoms with Crippen LogP contribution in [-0.2, 0) is 12.0 Å². The van der Waals surface area contributed by atoms with Gasteiger partial charge in [0.15, 0.2) is 0 Å². The predicted octanol–water partition coefficient (Wildman–Crippen LogP) is 4.49. The first-order valence-corrected chi connectivity index (χ1v) is 8.25. The molecule has 6 heteroatoms. The number of hydrogen-bond donors (Lipinski definition) is 1. The maximum atomic E-state index is 10.7. The van der Waals surface area contributed by atoms with E-state index in [9.17, 15) is 10.1 Å². The molecule has 0 saturated carbocycles. The Hall–Kier alpha value is -1.24. The fourth-order valence-corrected chi connectivity index (χ4v) is 3.41. The van der Waals surface area contributed by atoms with E-state index < -0.39 is 0 Å². The Bertz CT molecular complexity index is 627. The van der Waals surface area contributed by atoms with Crippen molar-refractivity contribution in [3.8, 4) is 0 Å². The molecule has 1 aromatic carbocycles. The Kier molecular flexibility index (Phi) is 5.13. The van der Waals surface area contributed by atoms with Gasteiger partial charge in [-0.2, -0.15) is 0 Å². The van der Waals surface area contributed by atoms with Gasteiger partial charge in [0.1, 0.15) is 0 Å². The molecule has 2 rings (SSSR count). The zero-order valence-electron chi connectivity index (χ0n) is 11.9. The van der Waals surface area contributed by atoms with Gasteiger partial charge in [0.25, 0.3) is 5.69 Å². The molecule has 0 aliphatic heterocycles. The fourth-order valence-electron chi connectivity index (χ4n) is 2.05. The molecule has 2 aromatic rings. The fraction of sp³-hybridized carbons (Fsp3) is 0.333. The minimum Gasteiger partial charge on any atom is -0.312 e. The lowest BCUT2D eigenvalue weighted by atomic mass is 9.91. The maximum Gasteiger partial charge on any atom is 0.270 e. The molecule has 21 heavy (non-hydrogen) atoms. The first-order valence-electron chi connectivity index (χ1n) is 6.58. The highest BCUT2D eigenvalue weighted by atomic mass is 79.9. The third-order valence-electron chi connectivity index (χ3n) is 3.32. The number of non-ortho nitro benzene ring substituents is 1. The van der Waals surface area contributed by atoms with Gasteiger partial charge in [-0.25, -0.2) is 0 Å². The number of thiophene rings is 1. The summed E-state index contributed by atoms with van der Waals surface area (Å²) in [5.74, 6) is 0. The van der Waals surface area contributed by atoms with Crippen LogP contribution < -0.4 is 5.32 Å². The molecule has 0 fully saturated rings. The summed E-state index contributed by atoms with van der Waals surface area (Å²) in [5.41, 5.74) is 1.19. The lowest BCUT2D eigenvalue weighted by Gasteiger charge is -2.24. The topological polar surface area (TPSA) is 55.2 Å². The summed E-state index contributed by atoms with van der Waals surface area (Å²) in [6.07, 6.45) is 0. The van der Waals surface area contributed by atoms with E-state index in [0.29, 0.717) is 6.54 Å². The molecule has 0 saturated heterocycles. The van der Waals surface area contributed by atoms with E-state index in [0.717, 1.165) is 16.6 Å². The smallest absolute Gasteiger partial charge is 0.270 e. The molecule has 0 aliphatic rings. The SMILES string of the molecule is CC(C)(CNCc1ccc([N+](=O)[O-])cc1Br)c1cccs1. The molecule has 0 radical (unpaired) electrons. The highest BCUT2D eigenvalue weighted by molar-refractivity contribution is 9.10. The lowest BCUT2D eigenvalue weighted by Crippen LogP contribution is -2.31. The number of hydrogen-bond acceptors (Lipinski definition) is 4. The zero-order valence-corrected chi connectivity index (χ0v) is 14.3. The Balaban J connectivity index is 1.96. The summed E-state index contributed by atoms with van der Waals surface area (Å²) in [7, 11) is 0. The predicted molar refractivity (Wildman–Crippen MR) is 89.8 cm³/mol. The molecule has 0 bridgehead atoms. The largest absolute Gasteiger partial charge is 0.312 e. The van der Waals surface area contributed by atoms with Crippen molar-refractivity contribution in [3.63, 3.8) is 0 Å². The van der Waals surface area contributed by atoms with Crippen molar-refractivity contribution in [2.45, 2.75) is 25.8 Å². The van der Waals surface area contributed by atoms with E-state index in [2.05, 4.69) is 52.6 Å². The molecule has 1 N–H and O–H groups in total. The van der Waals surface area contributed by atoms with Crippen molar-refractivity contribution in [2.75, 3.05) is 6.54 Å². The number of nitro benzene ring substituents is 1. The Morgan fingerprint density at radius 3 is 2.71 bits per heavy atom. The highest BCUT2D eigenvalue weighted by Gasteiger charge is 2.21. The van der Waals surface area contributed by atoms with E-state index in [1.165, 1.54) is 10.9 Å². The van der Waals surface area contributed by atoms with Crippen LogP contribution in [0.5, 0.6) is 0 Å². The summed E-state index contributed by atoms with van der Waals surface area (Å²) in [4.78, 5) is 11.7. The van der Waals surface area contributed by atoms with Gasteiger partial charge in [0.05, 0.1) is 4.92 Å². The first-order chi connectivity index (χ1) is 9.90. The molecule has 0 spiro atoms. The molecule has 0 amide bonds. The van der Waals surface area contributed by atoms with Crippen molar-refractivity contribution >= 4 is 33.0 Å². The zero-order chi connectivity index (χ0) is 15.5. The molecule has 1 heterocycles. The average molecular weight is 369 g/mol. The highest BCUT2D eigenvalue weighted by Crippen LogP contribution is 2.27. The third kappa shape index (κ3) is 4.12.